The Morgan fingerprint density at radius 1 is 1.37 bits per heavy atom. The third-order valence-corrected chi connectivity index (χ3v) is 3.78. The Bertz CT molecular complexity index is 486. The Labute approximate surface area is 116 Å². The van der Waals surface area contributed by atoms with Crippen LogP contribution in [-0.2, 0) is 6.61 Å². The van der Waals surface area contributed by atoms with Gasteiger partial charge < -0.3 is 10.0 Å². The fourth-order valence-electron chi connectivity index (χ4n) is 2.56. The van der Waals surface area contributed by atoms with Crippen LogP contribution >= 0.6 is 0 Å². The largest absolute Gasteiger partial charge is 0.392 e. The van der Waals surface area contributed by atoms with Gasteiger partial charge in [-0.1, -0.05) is 32.4 Å². The first-order chi connectivity index (χ1) is 8.91. The predicted molar refractivity (Wildman–Crippen MR) is 79.3 cm³/mol. The van der Waals surface area contributed by atoms with Gasteiger partial charge in [-0.2, -0.15) is 0 Å². The molecule has 1 aromatic heterocycles. The van der Waals surface area contributed by atoms with Gasteiger partial charge in [0.25, 0.3) is 0 Å². The van der Waals surface area contributed by atoms with E-state index in [4.69, 9.17) is 0 Å². The van der Waals surface area contributed by atoms with E-state index in [0.717, 1.165) is 36.5 Å². The van der Waals surface area contributed by atoms with E-state index in [9.17, 15) is 5.11 Å². The fraction of sp³-hybridized carbons (Fsp3) is 0.562. The molecule has 2 heterocycles. The van der Waals surface area contributed by atoms with E-state index in [0.29, 0.717) is 0 Å². The maximum absolute atomic E-state index is 9.44. The van der Waals surface area contributed by atoms with Gasteiger partial charge in [0.2, 0.25) is 0 Å². The molecule has 0 atom stereocenters. The third-order valence-electron chi connectivity index (χ3n) is 3.78. The van der Waals surface area contributed by atoms with E-state index >= 15 is 0 Å². The van der Waals surface area contributed by atoms with Crippen LogP contribution in [0, 0.1) is 12.3 Å². The maximum Gasteiger partial charge on any atom is 0.0717 e. The van der Waals surface area contributed by atoms with Gasteiger partial charge in [-0.05, 0) is 24.8 Å². The summed E-state index contributed by atoms with van der Waals surface area (Å²) in [6, 6.07) is 2.07. The molecule has 1 aliphatic heterocycles. The minimum atomic E-state index is 0.0506. The Morgan fingerprint density at radius 3 is 2.63 bits per heavy atom. The summed E-state index contributed by atoms with van der Waals surface area (Å²) in [4.78, 5) is 6.59. The molecule has 0 aliphatic carbocycles. The highest BCUT2D eigenvalue weighted by Gasteiger charge is 2.22. The Hall–Kier alpha value is -1.35. The number of aliphatic hydroxyl groups is 1. The van der Waals surface area contributed by atoms with Crippen LogP contribution in [-0.4, -0.2) is 23.2 Å². The predicted octanol–water partition coefficient (Wildman–Crippen LogP) is 3.06. The van der Waals surface area contributed by atoms with Crippen molar-refractivity contribution >= 4 is 5.69 Å². The van der Waals surface area contributed by atoms with Crippen molar-refractivity contribution in [3.05, 3.63) is 35.2 Å². The summed E-state index contributed by atoms with van der Waals surface area (Å²) in [6.07, 6.45) is 5.21. The van der Waals surface area contributed by atoms with E-state index in [1.165, 1.54) is 5.57 Å². The molecule has 0 saturated heterocycles. The van der Waals surface area contributed by atoms with Crippen LogP contribution in [0.15, 0.2) is 23.9 Å². The molecule has 2 rings (SSSR count). The SMILES string of the molecule is Cc1cc(N2CC=C(C(C)(C)C)CC2)c(CO)cn1. The topological polar surface area (TPSA) is 36.4 Å². The number of pyridine rings is 1. The molecule has 1 N–H and O–H groups in total. The maximum atomic E-state index is 9.44. The van der Waals surface area contributed by atoms with Crippen molar-refractivity contribution in [2.75, 3.05) is 18.0 Å². The summed E-state index contributed by atoms with van der Waals surface area (Å²) in [5.74, 6) is 0. The van der Waals surface area contributed by atoms with Crippen molar-refractivity contribution < 1.29 is 5.11 Å². The van der Waals surface area contributed by atoms with Gasteiger partial charge in [0.15, 0.2) is 0 Å². The van der Waals surface area contributed by atoms with Gasteiger partial charge in [0.1, 0.15) is 0 Å². The normalized spacial score (nSPS) is 16.5. The van der Waals surface area contributed by atoms with Crippen molar-refractivity contribution in [1.29, 1.82) is 0 Å². The first-order valence-electron chi connectivity index (χ1n) is 6.92. The zero-order valence-electron chi connectivity index (χ0n) is 12.4. The number of anilines is 1. The minimum absolute atomic E-state index is 0.0506. The van der Waals surface area contributed by atoms with E-state index in [-0.39, 0.29) is 12.0 Å². The van der Waals surface area contributed by atoms with Gasteiger partial charge in [0, 0.05) is 36.2 Å². The van der Waals surface area contributed by atoms with Gasteiger partial charge in [0.05, 0.1) is 6.61 Å². The molecule has 104 valence electrons. The lowest BCUT2D eigenvalue weighted by Gasteiger charge is -2.34. The van der Waals surface area contributed by atoms with Crippen molar-refractivity contribution in [1.82, 2.24) is 4.98 Å². The molecular formula is C16H24N2O. The zero-order valence-corrected chi connectivity index (χ0v) is 12.4. The number of aliphatic hydroxyl groups excluding tert-OH is 1. The smallest absolute Gasteiger partial charge is 0.0717 e. The lowest BCUT2D eigenvalue weighted by atomic mass is 9.83. The number of rotatable bonds is 2. The average Bonchev–Trinajstić information content (AvgIpc) is 2.38. The molecule has 1 aromatic rings. The summed E-state index contributed by atoms with van der Waals surface area (Å²) < 4.78 is 0. The first-order valence-corrected chi connectivity index (χ1v) is 6.92. The first kappa shape index (κ1) is 14.1. The highest BCUT2D eigenvalue weighted by atomic mass is 16.3. The number of aryl methyl sites for hydroxylation is 1. The molecule has 0 bridgehead atoms. The van der Waals surface area contributed by atoms with Gasteiger partial charge in [-0.15, -0.1) is 0 Å². The van der Waals surface area contributed by atoms with Crippen LogP contribution in [0.25, 0.3) is 0 Å². The zero-order chi connectivity index (χ0) is 14.0. The molecule has 3 nitrogen and oxygen atoms in total. The molecule has 3 heteroatoms. The number of nitrogens with zero attached hydrogens (tertiary/aromatic N) is 2. The average molecular weight is 260 g/mol. The van der Waals surface area contributed by atoms with Crippen LogP contribution in [0.3, 0.4) is 0 Å². The number of aromatic nitrogens is 1. The summed E-state index contributed by atoms with van der Waals surface area (Å²) in [5, 5.41) is 9.44. The second-order valence-electron chi connectivity index (χ2n) is 6.29. The fourth-order valence-corrected chi connectivity index (χ4v) is 2.56. The monoisotopic (exact) mass is 260 g/mol. The van der Waals surface area contributed by atoms with E-state index in [2.05, 4.69) is 42.8 Å². The highest BCUT2D eigenvalue weighted by Crippen LogP contribution is 2.32. The Morgan fingerprint density at radius 2 is 2.11 bits per heavy atom. The van der Waals surface area contributed by atoms with Crippen LogP contribution in [0.2, 0.25) is 0 Å². The van der Waals surface area contributed by atoms with E-state index < -0.39 is 0 Å². The Kier molecular flexibility index (Phi) is 3.95. The van der Waals surface area contributed by atoms with Crippen molar-refractivity contribution in [2.45, 2.75) is 40.7 Å². The van der Waals surface area contributed by atoms with Gasteiger partial charge in [-0.3, -0.25) is 4.98 Å². The summed E-state index contributed by atoms with van der Waals surface area (Å²) in [7, 11) is 0. The molecule has 0 saturated carbocycles. The summed E-state index contributed by atoms with van der Waals surface area (Å²) >= 11 is 0. The molecular weight excluding hydrogens is 236 g/mol. The molecule has 1 aliphatic rings. The van der Waals surface area contributed by atoms with Gasteiger partial charge in [-0.25, -0.2) is 0 Å². The van der Waals surface area contributed by atoms with Crippen molar-refractivity contribution in [3.63, 3.8) is 0 Å². The molecule has 19 heavy (non-hydrogen) atoms. The van der Waals surface area contributed by atoms with Crippen LogP contribution in [0.5, 0.6) is 0 Å². The van der Waals surface area contributed by atoms with E-state index in [1.807, 2.05) is 6.92 Å². The molecule has 0 fully saturated rings. The van der Waals surface area contributed by atoms with Gasteiger partial charge >= 0.3 is 0 Å². The van der Waals surface area contributed by atoms with Crippen LogP contribution < -0.4 is 4.90 Å². The lowest BCUT2D eigenvalue weighted by Crippen LogP contribution is -2.32. The molecule has 0 spiro atoms. The minimum Gasteiger partial charge on any atom is -0.392 e. The number of hydrogen-bond acceptors (Lipinski definition) is 3. The summed E-state index contributed by atoms with van der Waals surface area (Å²) in [5.41, 5.74) is 4.83. The van der Waals surface area contributed by atoms with E-state index in [1.54, 1.807) is 6.20 Å². The second kappa shape index (κ2) is 5.33. The molecule has 0 aromatic carbocycles. The van der Waals surface area contributed by atoms with Crippen LogP contribution in [0.4, 0.5) is 5.69 Å². The second-order valence-corrected chi connectivity index (χ2v) is 6.29. The quantitative estimate of drug-likeness (QED) is 0.830. The standard InChI is InChI=1S/C16H24N2O/c1-12-9-15(13(11-19)10-17-12)18-7-5-14(6-8-18)16(2,3)4/h5,9-10,19H,6-8,11H2,1-4H3. The third kappa shape index (κ3) is 3.16. The van der Waals surface area contributed by atoms with Crippen molar-refractivity contribution in [3.8, 4) is 0 Å². The molecule has 0 unspecified atom stereocenters. The van der Waals surface area contributed by atoms with Crippen molar-refractivity contribution in [2.24, 2.45) is 5.41 Å². The summed E-state index contributed by atoms with van der Waals surface area (Å²) in [6.45, 7) is 10.8. The lowest BCUT2D eigenvalue weighted by molar-refractivity contribution is 0.281. The Balaban J connectivity index is 2.22. The number of hydrogen-bond donors (Lipinski definition) is 1. The molecule has 0 amide bonds. The van der Waals surface area contributed by atoms with Crippen LogP contribution in [0.1, 0.15) is 38.4 Å². The molecule has 0 radical (unpaired) electrons. The highest BCUT2D eigenvalue weighted by molar-refractivity contribution is 5.54.